The summed E-state index contributed by atoms with van der Waals surface area (Å²) in [5, 5.41) is 15.1. The molecule has 0 aliphatic heterocycles. The van der Waals surface area contributed by atoms with Crippen LogP contribution in [0.3, 0.4) is 0 Å². The first kappa shape index (κ1) is 16.7. The van der Waals surface area contributed by atoms with E-state index in [2.05, 4.69) is 38.0 Å². The fraction of sp³-hybridized carbons (Fsp3) is 0.400. The zero-order chi connectivity index (χ0) is 14.5. The van der Waals surface area contributed by atoms with Crippen LogP contribution >= 0.6 is 24.0 Å². The van der Waals surface area contributed by atoms with E-state index in [1.165, 1.54) is 0 Å². The third kappa shape index (κ3) is 3.96. The quantitative estimate of drug-likeness (QED) is 0.348. The van der Waals surface area contributed by atoms with Crippen molar-refractivity contribution in [2.24, 2.45) is 4.99 Å². The molecule has 0 spiro atoms. The van der Waals surface area contributed by atoms with Crippen LogP contribution in [0.4, 0.5) is 0 Å². The van der Waals surface area contributed by atoms with Crippen LogP contribution in [0, 0.1) is 0 Å². The van der Waals surface area contributed by atoms with E-state index < -0.39 is 0 Å². The van der Waals surface area contributed by atoms with E-state index in [1.54, 1.807) is 7.05 Å². The second kappa shape index (κ2) is 8.11. The molecule has 0 unspecified atom stereocenters. The molecule has 22 heavy (non-hydrogen) atoms. The van der Waals surface area contributed by atoms with E-state index in [9.17, 15) is 0 Å². The van der Waals surface area contributed by atoms with Gasteiger partial charge in [-0.25, -0.2) is 0 Å². The summed E-state index contributed by atoms with van der Waals surface area (Å²) in [6.45, 7) is 0.773. The monoisotopic (exact) mass is 412 g/mol. The third-order valence-electron chi connectivity index (χ3n) is 3.60. The van der Waals surface area contributed by atoms with Crippen molar-refractivity contribution in [2.45, 2.75) is 25.3 Å². The Bertz CT molecular complexity index is 655. The molecule has 0 bridgehead atoms. The average Bonchev–Trinajstić information content (AvgIpc) is 3.16. The van der Waals surface area contributed by atoms with Gasteiger partial charge in [0.15, 0.2) is 11.6 Å². The molecule has 0 radical (unpaired) electrons. The van der Waals surface area contributed by atoms with E-state index in [-0.39, 0.29) is 24.0 Å². The third-order valence-corrected chi connectivity index (χ3v) is 3.60. The van der Waals surface area contributed by atoms with Gasteiger partial charge in [-0.15, -0.1) is 34.2 Å². The number of hydrogen-bond donors (Lipinski definition) is 2. The Kier molecular flexibility index (Phi) is 6.17. The highest BCUT2D eigenvalue weighted by molar-refractivity contribution is 14.0. The molecule has 2 aromatic rings. The highest BCUT2D eigenvalue weighted by atomic mass is 127. The van der Waals surface area contributed by atoms with Crippen molar-refractivity contribution < 1.29 is 0 Å². The van der Waals surface area contributed by atoms with E-state index in [4.69, 9.17) is 0 Å². The molecule has 2 N–H and O–H groups in total. The molecule has 0 atom stereocenters. The summed E-state index contributed by atoms with van der Waals surface area (Å²) in [4.78, 5) is 4.26. The minimum Gasteiger partial charge on any atom is -0.356 e. The molecule has 7 heteroatoms. The highest BCUT2D eigenvalue weighted by Crippen LogP contribution is 2.08. The molecule has 0 saturated heterocycles. The minimum absolute atomic E-state index is 0. The topological polar surface area (TPSA) is 66.6 Å². The molecule has 3 rings (SSSR count). The zero-order valence-corrected chi connectivity index (χ0v) is 14.9. The van der Waals surface area contributed by atoms with E-state index in [0.717, 1.165) is 43.2 Å². The van der Waals surface area contributed by atoms with Gasteiger partial charge in [0, 0.05) is 32.3 Å². The van der Waals surface area contributed by atoms with Gasteiger partial charge in [0.05, 0.1) is 0 Å². The number of nitrogens with one attached hydrogen (secondary N) is 2. The van der Waals surface area contributed by atoms with Gasteiger partial charge in [0.2, 0.25) is 0 Å². The zero-order valence-electron chi connectivity index (χ0n) is 12.6. The van der Waals surface area contributed by atoms with E-state index >= 15 is 0 Å². The predicted molar refractivity (Wildman–Crippen MR) is 98.8 cm³/mol. The molecule has 1 aliphatic rings. The molecule has 2 heterocycles. The van der Waals surface area contributed by atoms with Gasteiger partial charge >= 0.3 is 0 Å². The lowest BCUT2D eigenvalue weighted by Gasteiger charge is -2.16. The number of nitrogens with zero attached hydrogens (tertiary/aromatic N) is 4. The molecular weight excluding hydrogens is 391 g/mol. The summed E-state index contributed by atoms with van der Waals surface area (Å²) in [7, 11) is 1.80. The lowest BCUT2D eigenvalue weighted by molar-refractivity contribution is 0.631. The van der Waals surface area contributed by atoms with Crippen molar-refractivity contribution in [3.8, 4) is 0 Å². The van der Waals surface area contributed by atoms with Crippen molar-refractivity contribution in [2.75, 3.05) is 13.6 Å². The summed E-state index contributed by atoms with van der Waals surface area (Å²) >= 11 is 0. The second-order valence-electron chi connectivity index (χ2n) is 5.08. The Morgan fingerprint density at radius 3 is 2.91 bits per heavy atom. The van der Waals surface area contributed by atoms with Crippen molar-refractivity contribution in [3.05, 3.63) is 42.4 Å². The van der Waals surface area contributed by atoms with Gasteiger partial charge in [0.25, 0.3) is 0 Å². The van der Waals surface area contributed by atoms with Gasteiger partial charge in [-0.05, 0) is 25.0 Å². The number of hydrogen-bond acceptors (Lipinski definition) is 3. The number of aliphatic imine (C=N–C) groups is 1. The number of halogens is 1. The first-order valence-electron chi connectivity index (χ1n) is 7.27. The van der Waals surface area contributed by atoms with E-state index in [1.807, 2.05) is 28.8 Å². The first-order valence-corrected chi connectivity index (χ1v) is 7.27. The molecule has 0 amide bonds. The van der Waals surface area contributed by atoms with Crippen molar-refractivity contribution >= 4 is 35.6 Å². The standard InChI is InChI=1S/C15H20N6.HI/c1-16-15(18-12-6-2-3-7-12)17-10-9-14-20-19-13-8-4-5-11-21(13)14;/h2-5,8,11-12H,6-7,9-10H2,1H3,(H2,16,17,18);1H. The number of fused-ring (bicyclic) bond motifs is 1. The van der Waals surface area contributed by atoms with Gasteiger partial charge in [0.1, 0.15) is 5.82 Å². The Balaban J connectivity index is 0.00000176. The predicted octanol–water partition coefficient (Wildman–Crippen LogP) is 1.77. The number of pyridine rings is 1. The largest absolute Gasteiger partial charge is 0.356 e. The SMILES string of the molecule is CN=C(NCCc1nnc2ccccn12)NC1CC=CC1.I. The molecule has 118 valence electrons. The average molecular weight is 412 g/mol. The molecule has 6 nitrogen and oxygen atoms in total. The number of guanidine groups is 1. The Morgan fingerprint density at radius 1 is 1.32 bits per heavy atom. The van der Waals surface area contributed by atoms with Crippen LogP contribution in [0.5, 0.6) is 0 Å². The van der Waals surface area contributed by atoms with Crippen LogP contribution in [0.15, 0.2) is 41.5 Å². The maximum atomic E-state index is 4.26. The van der Waals surface area contributed by atoms with Crippen LogP contribution in [-0.2, 0) is 6.42 Å². The maximum Gasteiger partial charge on any atom is 0.191 e. The van der Waals surface area contributed by atoms with Crippen LogP contribution in [-0.4, -0.2) is 40.2 Å². The molecular formula is C15H21IN6. The van der Waals surface area contributed by atoms with Crippen LogP contribution in [0.1, 0.15) is 18.7 Å². The molecule has 0 fully saturated rings. The Labute approximate surface area is 147 Å². The summed E-state index contributed by atoms with van der Waals surface area (Å²) in [6, 6.07) is 6.37. The summed E-state index contributed by atoms with van der Waals surface area (Å²) < 4.78 is 2.01. The molecule has 1 aliphatic carbocycles. The minimum atomic E-state index is 0. The van der Waals surface area contributed by atoms with Gasteiger partial charge in [-0.1, -0.05) is 18.2 Å². The van der Waals surface area contributed by atoms with Gasteiger partial charge in [-0.3, -0.25) is 9.39 Å². The van der Waals surface area contributed by atoms with Crippen LogP contribution in [0.25, 0.3) is 5.65 Å². The molecule has 0 saturated carbocycles. The van der Waals surface area contributed by atoms with Crippen molar-refractivity contribution in [1.82, 2.24) is 25.2 Å². The highest BCUT2D eigenvalue weighted by Gasteiger charge is 2.11. The van der Waals surface area contributed by atoms with Gasteiger partial charge in [-0.2, -0.15) is 0 Å². The maximum absolute atomic E-state index is 4.26. The summed E-state index contributed by atoms with van der Waals surface area (Å²) in [5.41, 5.74) is 0.882. The molecule has 2 aromatic heterocycles. The number of aromatic nitrogens is 3. The Hall–Kier alpha value is -1.64. The lowest BCUT2D eigenvalue weighted by atomic mass is 10.2. The first-order chi connectivity index (χ1) is 10.4. The van der Waals surface area contributed by atoms with E-state index in [0.29, 0.717) is 6.04 Å². The lowest BCUT2D eigenvalue weighted by Crippen LogP contribution is -2.43. The van der Waals surface area contributed by atoms with Crippen molar-refractivity contribution in [1.29, 1.82) is 0 Å². The van der Waals surface area contributed by atoms with Crippen LogP contribution < -0.4 is 10.6 Å². The smallest absolute Gasteiger partial charge is 0.191 e. The summed E-state index contributed by atoms with van der Waals surface area (Å²) in [6.07, 6.45) is 9.32. The normalized spacial score (nSPS) is 15.0. The summed E-state index contributed by atoms with van der Waals surface area (Å²) in [5.74, 6) is 1.80. The fourth-order valence-electron chi connectivity index (χ4n) is 2.48. The Morgan fingerprint density at radius 2 is 2.14 bits per heavy atom. The second-order valence-corrected chi connectivity index (χ2v) is 5.08. The van der Waals surface area contributed by atoms with Crippen LogP contribution in [0.2, 0.25) is 0 Å². The van der Waals surface area contributed by atoms with Gasteiger partial charge < -0.3 is 10.6 Å². The van der Waals surface area contributed by atoms with Crippen molar-refractivity contribution in [3.63, 3.8) is 0 Å². The molecule has 0 aromatic carbocycles. The number of rotatable bonds is 4. The fourth-order valence-corrected chi connectivity index (χ4v) is 2.48.